The summed E-state index contributed by atoms with van der Waals surface area (Å²) in [5, 5.41) is 7.33. The minimum Gasteiger partial charge on any atom is -0.309 e. The van der Waals surface area contributed by atoms with Crippen LogP contribution in [0.5, 0.6) is 0 Å². The molecule has 4 heteroatoms. The van der Waals surface area contributed by atoms with E-state index >= 15 is 0 Å². The van der Waals surface area contributed by atoms with Crippen LogP contribution in [-0.2, 0) is 0 Å². The molecule has 0 fully saturated rings. The number of nitrogens with zero attached hydrogens (tertiary/aromatic N) is 4. The molecule has 0 aliphatic heterocycles. The molecule has 10 aromatic rings. The van der Waals surface area contributed by atoms with Gasteiger partial charge in [-0.05, 0) is 71.8 Å². The maximum absolute atomic E-state index is 5.34. The Bertz CT molecular complexity index is 2940. The van der Waals surface area contributed by atoms with Crippen molar-refractivity contribution in [2.45, 2.75) is 0 Å². The minimum atomic E-state index is 0.917. The van der Waals surface area contributed by atoms with Gasteiger partial charge < -0.3 is 4.57 Å². The zero-order valence-corrected chi connectivity index (χ0v) is 25.8. The number of aromatic nitrogens is 4. The van der Waals surface area contributed by atoms with Gasteiger partial charge >= 0.3 is 0 Å². The van der Waals surface area contributed by atoms with Gasteiger partial charge in [-0.15, -0.1) is 0 Å². The van der Waals surface area contributed by atoms with Crippen LogP contribution in [0.3, 0.4) is 0 Å². The monoisotopic (exact) mass is 610 g/mol. The van der Waals surface area contributed by atoms with E-state index in [4.69, 9.17) is 4.98 Å². The molecular weight excluding hydrogens is 585 g/mol. The summed E-state index contributed by atoms with van der Waals surface area (Å²) in [7, 11) is 0. The Morgan fingerprint density at radius 3 is 1.81 bits per heavy atom. The second kappa shape index (κ2) is 9.50. The summed E-state index contributed by atoms with van der Waals surface area (Å²) in [6, 6.07) is 52.5. The van der Waals surface area contributed by atoms with Crippen molar-refractivity contribution in [3.05, 3.63) is 158 Å². The highest BCUT2D eigenvalue weighted by molar-refractivity contribution is 6.15. The van der Waals surface area contributed by atoms with Crippen LogP contribution in [0.4, 0.5) is 0 Å². The molecule has 0 radical (unpaired) electrons. The smallest absolute Gasteiger partial charge is 0.138 e. The van der Waals surface area contributed by atoms with E-state index in [1.807, 2.05) is 12.4 Å². The Morgan fingerprint density at radius 1 is 0.417 bits per heavy atom. The predicted molar refractivity (Wildman–Crippen MR) is 198 cm³/mol. The molecular formula is C44H26N4. The van der Waals surface area contributed by atoms with Crippen molar-refractivity contribution in [3.8, 4) is 45.0 Å². The first-order chi connectivity index (χ1) is 23.8. The maximum Gasteiger partial charge on any atom is 0.138 e. The van der Waals surface area contributed by atoms with Crippen molar-refractivity contribution in [1.82, 2.24) is 19.1 Å². The molecule has 4 nitrogen and oxygen atoms in total. The minimum absolute atomic E-state index is 0.917. The Hall–Kier alpha value is -6.52. The Kier molecular flexibility index (Phi) is 5.08. The van der Waals surface area contributed by atoms with Gasteiger partial charge in [0.25, 0.3) is 0 Å². The first kappa shape index (κ1) is 25.6. The van der Waals surface area contributed by atoms with Crippen molar-refractivity contribution >= 4 is 54.4 Å². The van der Waals surface area contributed by atoms with Gasteiger partial charge in [0.2, 0.25) is 0 Å². The molecule has 0 amide bonds. The van der Waals surface area contributed by atoms with E-state index < -0.39 is 0 Å². The molecule has 4 aromatic heterocycles. The van der Waals surface area contributed by atoms with Crippen molar-refractivity contribution < 1.29 is 0 Å². The van der Waals surface area contributed by atoms with Crippen LogP contribution in [-0.4, -0.2) is 19.1 Å². The lowest BCUT2D eigenvalue weighted by atomic mass is 10.0. The van der Waals surface area contributed by atoms with Gasteiger partial charge in [0, 0.05) is 67.1 Å². The molecule has 11 rings (SSSR count). The topological polar surface area (TPSA) is 35.6 Å². The molecule has 0 N–H and O–H groups in total. The largest absolute Gasteiger partial charge is 0.309 e. The molecule has 48 heavy (non-hydrogen) atoms. The van der Waals surface area contributed by atoms with Crippen LogP contribution >= 0.6 is 0 Å². The third-order valence-electron chi connectivity index (χ3n) is 10.1. The second-order valence-electron chi connectivity index (χ2n) is 12.7. The second-order valence-corrected chi connectivity index (χ2v) is 12.7. The molecule has 0 atom stereocenters. The molecule has 0 spiro atoms. The van der Waals surface area contributed by atoms with Crippen molar-refractivity contribution in [1.29, 1.82) is 0 Å². The Labute approximate surface area is 275 Å². The molecule has 0 bridgehead atoms. The van der Waals surface area contributed by atoms with Gasteiger partial charge in [0.05, 0.1) is 27.8 Å². The molecule has 0 saturated heterocycles. The molecule has 222 valence electrons. The maximum atomic E-state index is 5.34. The summed E-state index contributed by atoms with van der Waals surface area (Å²) in [6.07, 6.45) is 3.91. The van der Waals surface area contributed by atoms with Crippen LogP contribution in [0, 0.1) is 0 Å². The number of para-hydroxylation sites is 3. The van der Waals surface area contributed by atoms with Gasteiger partial charge in [-0.1, -0.05) is 84.9 Å². The SMILES string of the molecule is c1ccc(-n2c3ccccc3c3cc(-c4ccc5c(c4)c4ccccc4n5-c4ccc5c(n4)-c4cccc6cncc-5c46)ccc32)cc1. The van der Waals surface area contributed by atoms with Gasteiger partial charge in [-0.2, -0.15) is 0 Å². The Morgan fingerprint density at radius 2 is 1.06 bits per heavy atom. The summed E-state index contributed by atoms with van der Waals surface area (Å²) in [4.78, 5) is 9.86. The third kappa shape index (κ3) is 3.43. The summed E-state index contributed by atoms with van der Waals surface area (Å²) in [5.74, 6) is 0.917. The van der Waals surface area contributed by atoms with Crippen LogP contribution in [0.15, 0.2) is 158 Å². The van der Waals surface area contributed by atoms with Gasteiger partial charge in [-0.25, -0.2) is 4.98 Å². The van der Waals surface area contributed by atoms with Crippen LogP contribution < -0.4 is 0 Å². The van der Waals surface area contributed by atoms with Crippen LogP contribution in [0.25, 0.3) is 99.4 Å². The molecule has 0 saturated carbocycles. The summed E-state index contributed by atoms with van der Waals surface area (Å²) < 4.78 is 4.68. The lowest BCUT2D eigenvalue weighted by Crippen LogP contribution is -1.98. The normalized spacial score (nSPS) is 12.2. The first-order valence-electron chi connectivity index (χ1n) is 16.3. The molecule has 0 unspecified atom stereocenters. The number of hydrogen-bond donors (Lipinski definition) is 0. The summed E-state index contributed by atoms with van der Waals surface area (Å²) >= 11 is 0. The average molecular weight is 611 g/mol. The number of pyridine rings is 2. The first-order valence-corrected chi connectivity index (χ1v) is 16.3. The molecule has 4 heterocycles. The summed E-state index contributed by atoms with van der Waals surface area (Å²) in [6.45, 7) is 0. The van der Waals surface area contributed by atoms with Crippen molar-refractivity contribution in [2.24, 2.45) is 0 Å². The van der Waals surface area contributed by atoms with Gasteiger partial charge in [0.15, 0.2) is 0 Å². The van der Waals surface area contributed by atoms with E-state index in [9.17, 15) is 0 Å². The standard InChI is InChI=1S/C44H26N4/c1-2-10-30(11-3-1)47-38-15-6-4-12-31(38)35-23-27(17-20-40(35)47)28-18-21-41-36(24-28)32-13-5-7-16-39(32)48(41)42-22-19-33-37-26-45-25-29-9-8-14-34(43(29)37)44(33)46-42/h1-26H. The third-order valence-corrected chi connectivity index (χ3v) is 10.1. The lowest BCUT2D eigenvalue weighted by Gasteiger charge is -2.10. The molecule has 1 aliphatic carbocycles. The van der Waals surface area contributed by atoms with Crippen LogP contribution in [0.2, 0.25) is 0 Å². The highest BCUT2D eigenvalue weighted by Crippen LogP contribution is 2.46. The lowest BCUT2D eigenvalue weighted by molar-refractivity contribution is 1.09. The number of fused-ring (bicyclic) bond motifs is 9. The van der Waals surface area contributed by atoms with Crippen molar-refractivity contribution in [3.63, 3.8) is 0 Å². The van der Waals surface area contributed by atoms with Crippen molar-refractivity contribution in [2.75, 3.05) is 0 Å². The number of rotatable bonds is 3. The number of benzene rings is 6. The van der Waals surface area contributed by atoms with E-state index in [0.717, 1.165) is 39.1 Å². The number of hydrogen-bond acceptors (Lipinski definition) is 2. The zero-order chi connectivity index (χ0) is 31.3. The van der Waals surface area contributed by atoms with E-state index in [0.29, 0.717) is 0 Å². The van der Waals surface area contributed by atoms with E-state index in [2.05, 4.69) is 160 Å². The van der Waals surface area contributed by atoms with Gasteiger partial charge in [-0.3, -0.25) is 9.55 Å². The average Bonchev–Trinajstić information content (AvgIpc) is 3.78. The highest BCUT2D eigenvalue weighted by atomic mass is 15.1. The molecule has 1 aliphatic rings. The van der Waals surface area contributed by atoms with Crippen LogP contribution in [0.1, 0.15) is 0 Å². The quantitative estimate of drug-likeness (QED) is 0.199. The van der Waals surface area contributed by atoms with E-state index in [-0.39, 0.29) is 0 Å². The Balaban J connectivity index is 1.10. The summed E-state index contributed by atoms with van der Waals surface area (Å²) in [5.41, 5.74) is 12.8. The zero-order valence-electron chi connectivity index (χ0n) is 25.8. The molecule has 6 aromatic carbocycles. The van der Waals surface area contributed by atoms with E-state index in [1.165, 1.54) is 60.3 Å². The fourth-order valence-corrected chi connectivity index (χ4v) is 8.04. The fraction of sp³-hybridized carbons (Fsp3) is 0. The van der Waals surface area contributed by atoms with Gasteiger partial charge in [0.1, 0.15) is 5.82 Å². The highest BCUT2D eigenvalue weighted by Gasteiger charge is 2.24. The fourth-order valence-electron chi connectivity index (χ4n) is 8.04. The predicted octanol–water partition coefficient (Wildman–Crippen LogP) is 11.1. The van der Waals surface area contributed by atoms with E-state index in [1.54, 1.807) is 0 Å².